The fourth-order valence-corrected chi connectivity index (χ4v) is 3.81. The van der Waals surface area contributed by atoms with Crippen LogP contribution in [0.15, 0.2) is 77.9 Å². The van der Waals surface area contributed by atoms with E-state index in [-0.39, 0.29) is 11.4 Å². The molecule has 0 bridgehead atoms. The van der Waals surface area contributed by atoms with Crippen molar-refractivity contribution in [1.29, 1.82) is 0 Å². The zero-order valence-electron chi connectivity index (χ0n) is 18.6. The molecule has 2 heterocycles. The van der Waals surface area contributed by atoms with Gasteiger partial charge in [0, 0.05) is 43.2 Å². The van der Waals surface area contributed by atoms with Crippen molar-refractivity contribution < 1.29 is 4.39 Å². The highest BCUT2D eigenvalue weighted by molar-refractivity contribution is 5.81. The van der Waals surface area contributed by atoms with Crippen LogP contribution >= 0.6 is 0 Å². The number of nitrogens with zero attached hydrogens (tertiary/aromatic N) is 3. The van der Waals surface area contributed by atoms with Gasteiger partial charge in [-0.2, -0.15) is 0 Å². The summed E-state index contributed by atoms with van der Waals surface area (Å²) in [6.45, 7) is 2.41. The van der Waals surface area contributed by atoms with Crippen LogP contribution in [0.25, 0.3) is 22.4 Å². The lowest BCUT2D eigenvalue weighted by atomic mass is 9.99. The maximum Gasteiger partial charge on any atom is 0.263 e. The van der Waals surface area contributed by atoms with Crippen LogP contribution in [0.5, 0.6) is 0 Å². The highest BCUT2D eigenvalue weighted by atomic mass is 19.1. The second-order valence-corrected chi connectivity index (χ2v) is 7.97. The van der Waals surface area contributed by atoms with Crippen molar-refractivity contribution in [3.63, 3.8) is 0 Å². The first kappa shape index (κ1) is 22.4. The van der Waals surface area contributed by atoms with Gasteiger partial charge in [-0.3, -0.25) is 14.3 Å². The molecule has 1 unspecified atom stereocenters. The van der Waals surface area contributed by atoms with E-state index in [1.165, 1.54) is 10.6 Å². The van der Waals surface area contributed by atoms with Gasteiger partial charge in [0.25, 0.3) is 5.56 Å². The van der Waals surface area contributed by atoms with Gasteiger partial charge in [-0.05, 0) is 37.1 Å². The molecule has 0 aliphatic rings. The monoisotopic (exact) mass is 443 g/mol. The average Bonchev–Trinajstić information content (AvgIpc) is 2.82. The Hall–Kier alpha value is -3.84. The SMILES string of the molecule is Cc1cccc(-c2c(-c3ccncc3)nc(NCCC(N)c3ccccc3F)n(C)c2=O)c1. The van der Waals surface area contributed by atoms with Crippen LogP contribution in [0.4, 0.5) is 10.3 Å². The molecule has 33 heavy (non-hydrogen) atoms. The number of hydrogen-bond donors (Lipinski definition) is 2. The molecule has 6 nitrogen and oxygen atoms in total. The number of hydrogen-bond acceptors (Lipinski definition) is 5. The van der Waals surface area contributed by atoms with Gasteiger partial charge in [0.15, 0.2) is 0 Å². The van der Waals surface area contributed by atoms with E-state index >= 15 is 0 Å². The molecule has 0 aliphatic heterocycles. The van der Waals surface area contributed by atoms with Gasteiger partial charge in [0.2, 0.25) is 5.95 Å². The Balaban J connectivity index is 1.68. The molecule has 0 amide bonds. The van der Waals surface area contributed by atoms with Crippen LogP contribution in [-0.2, 0) is 7.05 Å². The van der Waals surface area contributed by atoms with E-state index in [0.717, 1.165) is 16.7 Å². The molecule has 1 atom stereocenters. The number of benzene rings is 2. The third-order valence-electron chi connectivity index (χ3n) is 5.59. The van der Waals surface area contributed by atoms with Crippen molar-refractivity contribution in [2.24, 2.45) is 12.8 Å². The lowest BCUT2D eigenvalue weighted by Crippen LogP contribution is -2.26. The van der Waals surface area contributed by atoms with Gasteiger partial charge < -0.3 is 11.1 Å². The van der Waals surface area contributed by atoms with Gasteiger partial charge in [0.1, 0.15) is 5.82 Å². The van der Waals surface area contributed by atoms with Gasteiger partial charge in [-0.25, -0.2) is 9.37 Å². The first-order valence-corrected chi connectivity index (χ1v) is 10.8. The van der Waals surface area contributed by atoms with E-state index in [0.29, 0.717) is 35.7 Å². The highest BCUT2D eigenvalue weighted by Crippen LogP contribution is 2.29. The molecule has 0 radical (unpaired) electrons. The van der Waals surface area contributed by atoms with E-state index in [1.807, 2.05) is 43.3 Å². The minimum absolute atomic E-state index is 0.164. The molecular formula is C26H26FN5O. The summed E-state index contributed by atoms with van der Waals surface area (Å²) in [5.74, 6) is 0.0990. The molecule has 0 saturated carbocycles. The topological polar surface area (TPSA) is 85.8 Å². The normalized spacial score (nSPS) is 11.9. The number of aromatic nitrogens is 3. The van der Waals surface area contributed by atoms with Crippen LogP contribution in [-0.4, -0.2) is 21.1 Å². The number of anilines is 1. The number of rotatable bonds is 7. The zero-order valence-corrected chi connectivity index (χ0v) is 18.6. The van der Waals surface area contributed by atoms with Crippen LogP contribution in [0.2, 0.25) is 0 Å². The molecule has 0 fully saturated rings. The summed E-state index contributed by atoms with van der Waals surface area (Å²) in [7, 11) is 1.68. The molecule has 2 aromatic carbocycles. The molecule has 168 valence electrons. The van der Waals surface area contributed by atoms with Gasteiger partial charge in [-0.15, -0.1) is 0 Å². The molecule has 4 aromatic rings. The Labute approximate surface area is 192 Å². The Kier molecular flexibility index (Phi) is 6.60. The Morgan fingerprint density at radius 1 is 1.06 bits per heavy atom. The third kappa shape index (κ3) is 4.83. The minimum Gasteiger partial charge on any atom is -0.355 e. The maximum absolute atomic E-state index is 14.0. The maximum atomic E-state index is 14.0. The minimum atomic E-state index is -0.470. The van der Waals surface area contributed by atoms with Crippen molar-refractivity contribution in [3.8, 4) is 22.4 Å². The fraction of sp³-hybridized carbons (Fsp3) is 0.192. The molecule has 7 heteroatoms. The predicted octanol–water partition coefficient (Wildman–Crippen LogP) is 4.46. The van der Waals surface area contributed by atoms with E-state index in [4.69, 9.17) is 10.7 Å². The quantitative estimate of drug-likeness (QED) is 0.441. The Bertz CT molecular complexity index is 1320. The van der Waals surface area contributed by atoms with E-state index < -0.39 is 6.04 Å². The van der Waals surface area contributed by atoms with E-state index in [9.17, 15) is 9.18 Å². The summed E-state index contributed by atoms with van der Waals surface area (Å²) in [5.41, 5.74) is 10.3. The number of nitrogens with one attached hydrogen (secondary N) is 1. The summed E-state index contributed by atoms with van der Waals surface area (Å²) in [6, 6.07) is 17.5. The van der Waals surface area contributed by atoms with Crippen molar-refractivity contribution in [2.45, 2.75) is 19.4 Å². The molecule has 0 aliphatic carbocycles. The second-order valence-electron chi connectivity index (χ2n) is 7.97. The second kappa shape index (κ2) is 9.75. The molecule has 2 aromatic heterocycles. The van der Waals surface area contributed by atoms with E-state index in [1.54, 1.807) is 37.6 Å². The number of nitrogens with two attached hydrogens (primary N) is 1. The predicted molar refractivity (Wildman–Crippen MR) is 129 cm³/mol. The standard InChI is InChI=1S/C26H26FN5O/c1-17-6-5-7-19(16-17)23-24(18-10-13-29-14-11-18)31-26(32(2)25(23)33)30-15-12-22(28)20-8-3-4-9-21(20)27/h3-11,13-14,16,22H,12,15,28H2,1-2H3,(H,30,31). The van der Waals surface area contributed by atoms with Gasteiger partial charge in [0.05, 0.1) is 11.3 Å². The number of halogens is 1. The first-order chi connectivity index (χ1) is 16.0. The van der Waals surface area contributed by atoms with Crippen LogP contribution in [0.3, 0.4) is 0 Å². The molecule has 0 spiro atoms. The van der Waals surface area contributed by atoms with Crippen LogP contribution < -0.4 is 16.6 Å². The highest BCUT2D eigenvalue weighted by Gasteiger charge is 2.18. The average molecular weight is 444 g/mol. The Morgan fingerprint density at radius 3 is 2.55 bits per heavy atom. The van der Waals surface area contributed by atoms with E-state index in [2.05, 4.69) is 10.3 Å². The zero-order chi connectivity index (χ0) is 23.4. The number of aryl methyl sites for hydroxylation is 1. The van der Waals surface area contributed by atoms with Crippen LogP contribution in [0, 0.1) is 12.7 Å². The summed E-state index contributed by atoms with van der Waals surface area (Å²) < 4.78 is 15.5. The fourth-order valence-electron chi connectivity index (χ4n) is 3.81. The smallest absolute Gasteiger partial charge is 0.263 e. The molecular weight excluding hydrogens is 417 g/mol. The van der Waals surface area contributed by atoms with Crippen molar-refractivity contribution >= 4 is 5.95 Å². The molecule has 0 saturated heterocycles. The van der Waals surface area contributed by atoms with Crippen LogP contribution in [0.1, 0.15) is 23.6 Å². The van der Waals surface area contributed by atoms with Gasteiger partial charge in [-0.1, -0.05) is 48.0 Å². The summed E-state index contributed by atoms with van der Waals surface area (Å²) in [4.78, 5) is 22.3. The third-order valence-corrected chi connectivity index (χ3v) is 5.59. The van der Waals surface area contributed by atoms with Crippen molar-refractivity contribution in [3.05, 3.63) is 100 Å². The lowest BCUT2D eigenvalue weighted by molar-refractivity contribution is 0.570. The van der Waals surface area contributed by atoms with Gasteiger partial charge >= 0.3 is 0 Å². The largest absolute Gasteiger partial charge is 0.355 e. The van der Waals surface area contributed by atoms with Crippen molar-refractivity contribution in [2.75, 3.05) is 11.9 Å². The van der Waals surface area contributed by atoms with Crippen molar-refractivity contribution in [1.82, 2.24) is 14.5 Å². The summed E-state index contributed by atoms with van der Waals surface area (Å²) in [6.07, 6.45) is 3.82. The Morgan fingerprint density at radius 2 is 1.82 bits per heavy atom. The lowest BCUT2D eigenvalue weighted by Gasteiger charge is -2.17. The first-order valence-electron chi connectivity index (χ1n) is 10.8. The summed E-state index contributed by atoms with van der Waals surface area (Å²) in [5, 5.41) is 3.21. The molecule has 3 N–H and O–H groups in total. The molecule has 4 rings (SSSR count). The number of pyridine rings is 1. The summed E-state index contributed by atoms with van der Waals surface area (Å²) >= 11 is 0.